The first kappa shape index (κ1) is 35.5. The zero-order valence-electron chi connectivity index (χ0n) is 35.5. The number of rotatable bonds is 5. The minimum Gasteiger partial charge on any atom is -0.508 e. The van der Waals surface area contributed by atoms with Gasteiger partial charge in [0.25, 0.3) is 0 Å². The van der Waals surface area contributed by atoms with Gasteiger partial charge in [0.05, 0.1) is 5.54 Å². The number of anilines is 3. The third-order valence-electron chi connectivity index (χ3n) is 11.8. The molecule has 0 saturated carbocycles. The summed E-state index contributed by atoms with van der Waals surface area (Å²) in [5.74, 6) is 2.48. The van der Waals surface area contributed by atoms with Gasteiger partial charge >= 0.3 is 21.1 Å². The van der Waals surface area contributed by atoms with E-state index in [0.717, 1.165) is 50.6 Å². The van der Waals surface area contributed by atoms with Crippen molar-refractivity contribution in [3.63, 3.8) is 0 Å². The fourth-order valence-corrected chi connectivity index (χ4v) is 8.11. The number of aryl methyl sites for hydroxylation is 2. The average molecular weight is 899 g/mol. The number of hydrogen-bond acceptors (Lipinski definition) is 5. The first-order valence-electron chi connectivity index (χ1n) is 19.8. The maximum absolute atomic E-state index is 9.42. The van der Waals surface area contributed by atoms with E-state index in [9.17, 15) is 2.74 Å². The van der Waals surface area contributed by atoms with E-state index in [-0.39, 0.29) is 37.8 Å². The van der Waals surface area contributed by atoms with Gasteiger partial charge in [-0.25, -0.2) is 4.98 Å². The molecule has 5 aromatic rings. The molecule has 0 amide bonds. The molecule has 4 aromatic carbocycles. The second kappa shape index (κ2) is 12.9. The Balaban J connectivity index is 0.00000480. The molecular weight excluding hydrogens is 846 g/mol. The van der Waals surface area contributed by atoms with Crippen LogP contribution in [-0.2, 0) is 48.6 Å². The number of benzene rings is 4. The van der Waals surface area contributed by atoms with Crippen LogP contribution in [0.3, 0.4) is 0 Å². The first-order valence-corrected chi connectivity index (χ1v) is 18.8. The molecule has 6 heteroatoms. The summed E-state index contributed by atoms with van der Waals surface area (Å²) in [4.78, 5) is 12.2. The third-order valence-corrected chi connectivity index (χ3v) is 11.8. The largest absolute Gasteiger partial charge is 2.00 e. The minimum absolute atomic E-state index is 0. The van der Waals surface area contributed by atoms with Crippen LogP contribution in [0.15, 0.2) is 77.9 Å². The Morgan fingerprint density at radius 1 is 0.889 bits per heavy atom. The van der Waals surface area contributed by atoms with E-state index in [1.165, 1.54) is 11.1 Å². The van der Waals surface area contributed by atoms with Crippen molar-refractivity contribution in [2.75, 3.05) is 4.90 Å². The molecular formula is C48H51N3O2Pt. The number of fused-ring (bicyclic) bond motifs is 5. The summed E-state index contributed by atoms with van der Waals surface area (Å²) in [5, 5.41) is 0. The number of aromatic nitrogens is 1. The van der Waals surface area contributed by atoms with Crippen LogP contribution in [0.5, 0.6) is 11.5 Å². The molecule has 3 aliphatic rings. The van der Waals surface area contributed by atoms with Gasteiger partial charge in [0, 0.05) is 49.0 Å². The SMILES string of the molecule is [2H]C1([2H])c2c(ccc(C)c2C)[C@]2(C)OC(c3[c-]c(Oc4[c-]c(N5c6ccc(C(C)(C)C)cc6C(C)(C)c6cccnc65)cc(C)c4)cc(C(C)C)c3)=N[C@]12C.[Pt+2]. The number of aliphatic imine (C=N–C) groups is 1. The van der Waals surface area contributed by atoms with Crippen LogP contribution >= 0.6 is 0 Å². The van der Waals surface area contributed by atoms with E-state index in [1.54, 1.807) is 0 Å². The predicted molar refractivity (Wildman–Crippen MR) is 216 cm³/mol. The molecule has 0 N–H and O–H groups in total. The zero-order chi connectivity index (χ0) is 39.6. The maximum atomic E-state index is 9.42. The molecule has 0 unspecified atom stereocenters. The molecule has 1 aromatic heterocycles. The van der Waals surface area contributed by atoms with E-state index in [1.807, 2.05) is 70.3 Å². The van der Waals surface area contributed by atoms with Gasteiger partial charge in [0.2, 0.25) is 0 Å². The molecule has 1 aliphatic carbocycles. The van der Waals surface area contributed by atoms with E-state index in [2.05, 4.69) is 103 Å². The van der Waals surface area contributed by atoms with Crippen LogP contribution in [0.1, 0.15) is 127 Å². The molecule has 280 valence electrons. The number of pyridine rings is 1. The Hall–Kier alpha value is -4.21. The molecule has 0 radical (unpaired) electrons. The smallest absolute Gasteiger partial charge is 0.508 e. The summed E-state index contributed by atoms with van der Waals surface area (Å²) in [6.07, 6.45) is 0.105. The van der Waals surface area contributed by atoms with E-state index < -0.39 is 17.5 Å². The van der Waals surface area contributed by atoms with Crippen molar-refractivity contribution >= 4 is 23.1 Å². The van der Waals surface area contributed by atoms with Gasteiger partial charge < -0.3 is 14.4 Å². The van der Waals surface area contributed by atoms with Gasteiger partial charge in [-0.15, -0.1) is 29.8 Å². The molecule has 0 spiro atoms. The predicted octanol–water partition coefficient (Wildman–Crippen LogP) is 11.9. The molecule has 5 nitrogen and oxygen atoms in total. The van der Waals surface area contributed by atoms with Gasteiger partial charge in [-0.2, -0.15) is 5.56 Å². The van der Waals surface area contributed by atoms with E-state index in [0.29, 0.717) is 28.5 Å². The van der Waals surface area contributed by atoms with Crippen molar-refractivity contribution in [2.24, 2.45) is 4.99 Å². The molecule has 0 fully saturated rings. The second-order valence-electron chi connectivity index (χ2n) is 17.4. The maximum Gasteiger partial charge on any atom is 2.00 e. The van der Waals surface area contributed by atoms with Crippen LogP contribution in [0.25, 0.3) is 0 Å². The summed E-state index contributed by atoms with van der Waals surface area (Å²) < 4.78 is 32.3. The van der Waals surface area contributed by atoms with Gasteiger partial charge in [-0.05, 0) is 79.0 Å². The Morgan fingerprint density at radius 2 is 1.63 bits per heavy atom. The van der Waals surface area contributed by atoms with Crippen LogP contribution in [-0.4, -0.2) is 16.4 Å². The monoisotopic (exact) mass is 898 g/mol. The Labute approximate surface area is 339 Å². The van der Waals surface area contributed by atoms with Crippen molar-refractivity contribution in [1.29, 1.82) is 0 Å². The van der Waals surface area contributed by atoms with E-state index in [4.69, 9.17) is 19.5 Å². The summed E-state index contributed by atoms with van der Waals surface area (Å²) in [7, 11) is 0. The molecule has 0 bridgehead atoms. The van der Waals surface area contributed by atoms with Gasteiger partial charge in [-0.1, -0.05) is 109 Å². The summed E-state index contributed by atoms with van der Waals surface area (Å²) in [6, 6.07) is 30.3. The van der Waals surface area contributed by atoms with Crippen LogP contribution < -0.4 is 9.64 Å². The summed E-state index contributed by atoms with van der Waals surface area (Å²) in [6.45, 7) is 25.5. The Kier molecular flexibility index (Phi) is 8.50. The third kappa shape index (κ3) is 5.93. The number of nitrogens with zero attached hydrogens (tertiary/aromatic N) is 3. The van der Waals surface area contributed by atoms with Crippen molar-refractivity contribution in [3.8, 4) is 11.5 Å². The molecule has 0 saturated heterocycles. The van der Waals surface area contributed by atoms with Crippen LogP contribution in [0, 0.1) is 32.9 Å². The van der Waals surface area contributed by atoms with Crippen molar-refractivity contribution in [1.82, 2.24) is 4.98 Å². The standard InChI is InChI=1S/C48H51N3O2.Pt/c1-28(2)32-22-33(44-50-47(11)27-38-31(5)30(4)15-17-39(38)48(47,12)53-44)24-37(23-32)52-36-21-29(3)20-35(26-36)51-42-18-16-34(45(6,7)8)25-41(42)46(9,10)40-14-13-19-49-43(40)51;/h13-23,25,28H,27H2,1-12H3;/q-2;+2/t47-,48+;/m1./s1/i27D2;. The average Bonchev–Trinajstić information content (AvgIpc) is 3.46. The number of hydrogen-bond donors (Lipinski definition) is 0. The Bertz CT molecular complexity index is 2450. The fourth-order valence-electron chi connectivity index (χ4n) is 8.11. The Morgan fingerprint density at radius 3 is 2.35 bits per heavy atom. The molecule has 2 atom stereocenters. The fraction of sp³-hybridized carbons (Fsp3) is 0.375. The van der Waals surface area contributed by atoms with Crippen molar-refractivity contribution in [2.45, 2.75) is 117 Å². The summed E-state index contributed by atoms with van der Waals surface area (Å²) in [5.41, 5.74) is 9.33. The van der Waals surface area contributed by atoms with Crippen molar-refractivity contribution in [3.05, 3.63) is 141 Å². The van der Waals surface area contributed by atoms with Crippen LogP contribution in [0.4, 0.5) is 17.2 Å². The number of ether oxygens (including phenoxy) is 2. The second-order valence-corrected chi connectivity index (χ2v) is 17.4. The first-order chi connectivity index (χ1) is 25.7. The molecule has 2 aliphatic heterocycles. The van der Waals surface area contributed by atoms with Gasteiger partial charge in [0.15, 0.2) is 0 Å². The quantitative estimate of drug-likeness (QED) is 0.165. The molecule has 54 heavy (non-hydrogen) atoms. The van der Waals surface area contributed by atoms with Crippen LogP contribution in [0.2, 0.25) is 0 Å². The summed E-state index contributed by atoms with van der Waals surface area (Å²) >= 11 is 0. The van der Waals surface area contributed by atoms with Gasteiger partial charge in [0.1, 0.15) is 17.3 Å². The van der Waals surface area contributed by atoms with E-state index >= 15 is 0 Å². The topological polar surface area (TPSA) is 47.0 Å². The molecule has 8 rings (SSSR count). The minimum atomic E-state index is -1.75. The van der Waals surface area contributed by atoms with Crippen molar-refractivity contribution < 1.29 is 33.3 Å². The van der Waals surface area contributed by atoms with Gasteiger partial charge in [-0.3, -0.25) is 4.99 Å². The zero-order valence-corrected chi connectivity index (χ0v) is 35.8. The molecule has 3 heterocycles. The normalized spacial score (nSPS) is 22.2.